The Morgan fingerprint density at radius 2 is 1.52 bits per heavy atom. The molecule has 0 bridgehead atoms. The fourth-order valence-electron chi connectivity index (χ4n) is 11.5. The van der Waals surface area contributed by atoms with Crippen LogP contribution in [0.15, 0.2) is 109 Å². The van der Waals surface area contributed by atoms with Crippen molar-refractivity contribution in [2.24, 2.45) is 0 Å². The van der Waals surface area contributed by atoms with E-state index in [1.165, 1.54) is 98.7 Å². The van der Waals surface area contributed by atoms with Gasteiger partial charge in [-0.25, -0.2) is 0 Å². The summed E-state index contributed by atoms with van der Waals surface area (Å²) in [6.07, 6.45) is 8.03. The van der Waals surface area contributed by atoms with E-state index in [2.05, 4.69) is 155 Å². The Morgan fingerprint density at radius 1 is 0.750 bits per heavy atom. The summed E-state index contributed by atoms with van der Waals surface area (Å²) in [4.78, 5) is 2.56. The van der Waals surface area contributed by atoms with Gasteiger partial charge in [-0.3, -0.25) is 0 Å². The summed E-state index contributed by atoms with van der Waals surface area (Å²) in [6.45, 7) is 17.6. The minimum atomic E-state index is -2.21. The van der Waals surface area contributed by atoms with Crippen molar-refractivity contribution in [2.75, 3.05) is 4.90 Å². The SMILES string of the molecule is CC[Si]1(C)c2cc(N3C4=C(CCCC4)Oc4ccccc43)ccc2B2c3ccc(-n4c5c(c6ccccc64)CCC5)cc3C(C)(C)c3cc(C(C)(C)C)cc1c32. The predicted molar refractivity (Wildman–Crippen MR) is 240 cm³/mol. The molecule has 0 radical (unpaired) electrons. The Balaban J connectivity index is 1.17. The number of benzene rings is 5. The lowest BCUT2D eigenvalue weighted by atomic mass is 9.31. The van der Waals surface area contributed by atoms with Crippen LogP contribution in [0, 0.1) is 0 Å². The van der Waals surface area contributed by atoms with Crippen LogP contribution in [-0.4, -0.2) is 19.4 Å². The Bertz CT molecular complexity index is 2690. The molecule has 280 valence electrons. The van der Waals surface area contributed by atoms with E-state index in [-0.39, 0.29) is 17.5 Å². The van der Waals surface area contributed by atoms with E-state index < -0.39 is 8.07 Å². The van der Waals surface area contributed by atoms with Crippen LogP contribution in [0.2, 0.25) is 12.6 Å². The van der Waals surface area contributed by atoms with Gasteiger partial charge in [0.05, 0.1) is 16.9 Å². The highest BCUT2D eigenvalue weighted by molar-refractivity contribution is 7.14. The van der Waals surface area contributed by atoms with E-state index in [0.717, 1.165) is 30.8 Å². The average molecular weight is 749 g/mol. The normalized spacial score (nSPS) is 20.2. The fraction of sp³-hybridized carbons (Fsp3) is 0.333. The maximum atomic E-state index is 6.60. The predicted octanol–water partition coefficient (Wildman–Crippen LogP) is 9.41. The molecule has 1 aromatic heterocycles. The molecule has 1 atom stereocenters. The molecule has 3 nitrogen and oxygen atoms in total. The first-order valence-electron chi connectivity index (χ1n) is 21.4. The molecule has 0 saturated carbocycles. The van der Waals surface area contributed by atoms with E-state index >= 15 is 0 Å². The van der Waals surface area contributed by atoms with Crippen LogP contribution in [0.4, 0.5) is 11.4 Å². The van der Waals surface area contributed by atoms with Crippen molar-refractivity contribution in [1.29, 1.82) is 0 Å². The third kappa shape index (κ3) is 4.64. The molecule has 1 unspecified atom stereocenters. The Morgan fingerprint density at radius 3 is 2.36 bits per heavy atom. The molecule has 5 heteroatoms. The minimum absolute atomic E-state index is 0.0381. The molecule has 4 heterocycles. The Labute approximate surface area is 334 Å². The number of ether oxygens (including phenoxy) is 1. The van der Waals surface area contributed by atoms with Crippen molar-refractivity contribution in [1.82, 2.24) is 4.57 Å². The van der Waals surface area contributed by atoms with Crippen molar-refractivity contribution in [3.05, 3.63) is 136 Å². The van der Waals surface area contributed by atoms with Gasteiger partial charge in [-0.05, 0) is 109 Å². The number of para-hydroxylation sites is 3. The molecule has 6 aromatic rings. The van der Waals surface area contributed by atoms with E-state index in [0.29, 0.717) is 0 Å². The molecule has 11 rings (SSSR count). The summed E-state index contributed by atoms with van der Waals surface area (Å²) in [6, 6.07) is 39.4. The molecular weight excluding hydrogens is 695 g/mol. The van der Waals surface area contributed by atoms with Gasteiger partial charge < -0.3 is 14.2 Å². The summed E-state index contributed by atoms with van der Waals surface area (Å²) in [5.41, 5.74) is 18.5. The van der Waals surface area contributed by atoms with Gasteiger partial charge in [0.1, 0.15) is 13.8 Å². The number of rotatable bonds is 3. The lowest BCUT2D eigenvalue weighted by Gasteiger charge is -2.48. The summed E-state index contributed by atoms with van der Waals surface area (Å²) in [7, 11) is -2.21. The molecule has 56 heavy (non-hydrogen) atoms. The summed E-state index contributed by atoms with van der Waals surface area (Å²) in [5.74, 6) is 2.14. The molecule has 0 amide bonds. The van der Waals surface area contributed by atoms with Crippen molar-refractivity contribution >= 4 is 63.8 Å². The third-order valence-electron chi connectivity index (χ3n) is 14.7. The van der Waals surface area contributed by atoms with E-state index in [1.54, 1.807) is 21.4 Å². The Hall–Kier alpha value is -4.74. The molecule has 0 fully saturated rings. The van der Waals surface area contributed by atoms with Crippen molar-refractivity contribution in [3.63, 3.8) is 0 Å². The Kier molecular flexibility index (Phi) is 7.33. The number of allylic oxidation sites excluding steroid dienone is 2. The topological polar surface area (TPSA) is 17.4 Å². The van der Waals surface area contributed by atoms with Crippen LogP contribution < -0.4 is 36.4 Å². The molecule has 5 aromatic carbocycles. The fourth-order valence-corrected chi connectivity index (χ4v) is 15.3. The lowest BCUT2D eigenvalue weighted by molar-refractivity contribution is 0.363. The standard InChI is InChI=1S/C51H53BN2OSi/c1-8-56(7)47-31-34(54-43-19-11-13-22-45(43)55-46-23-14-12-20-44(46)54)25-27-40(47)52-39-26-24-33(53-41-18-10-9-16-35(41)36-17-15-21-42(36)53)30-37(39)51(5,6)38-28-32(50(2,3)4)29-48(56)49(38)52/h9-11,13,16,18-19,22,24-31H,8,12,14-15,17,20-21,23H2,1-7H3. The van der Waals surface area contributed by atoms with E-state index in [4.69, 9.17) is 4.74 Å². The van der Waals surface area contributed by atoms with Crippen molar-refractivity contribution in [3.8, 4) is 11.4 Å². The van der Waals surface area contributed by atoms with Crippen molar-refractivity contribution < 1.29 is 4.74 Å². The van der Waals surface area contributed by atoms with Crippen LogP contribution in [0.25, 0.3) is 16.6 Å². The maximum Gasteiger partial charge on any atom is 0.241 e. The highest BCUT2D eigenvalue weighted by Crippen LogP contribution is 2.47. The van der Waals surface area contributed by atoms with Gasteiger partial charge in [-0.1, -0.05) is 135 Å². The van der Waals surface area contributed by atoms with Crippen LogP contribution >= 0.6 is 0 Å². The van der Waals surface area contributed by atoms with Gasteiger partial charge in [0.2, 0.25) is 6.71 Å². The highest BCUT2D eigenvalue weighted by Gasteiger charge is 2.51. The molecular formula is C51H53BN2OSi. The number of nitrogens with zero attached hydrogens (tertiary/aromatic N) is 2. The number of hydrogen-bond acceptors (Lipinski definition) is 2. The summed E-state index contributed by atoms with van der Waals surface area (Å²) < 4.78 is 9.21. The van der Waals surface area contributed by atoms with Crippen LogP contribution in [0.1, 0.15) is 102 Å². The van der Waals surface area contributed by atoms with Gasteiger partial charge in [-0.15, -0.1) is 0 Å². The number of anilines is 2. The van der Waals surface area contributed by atoms with Crippen LogP contribution in [-0.2, 0) is 23.7 Å². The molecule has 5 aliphatic rings. The zero-order chi connectivity index (χ0) is 38.3. The third-order valence-corrected chi connectivity index (χ3v) is 19.4. The molecule has 3 aliphatic heterocycles. The largest absolute Gasteiger partial charge is 0.458 e. The molecule has 0 saturated heterocycles. The zero-order valence-corrected chi connectivity index (χ0v) is 35.3. The summed E-state index contributed by atoms with van der Waals surface area (Å²) >= 11 is 0. The lowest BCUT2D eigenvalue weighted by Crippen LogP contribution is -2.80. The summed E-state index contributed by atoms with van der Waals surface area (Å²) in [5, 5.41) is 4.70. The number of fused-ring (bicyclic) bond motifs is 8. The van der Waals surface area contributed by atoms with Gasteiger partial charge in [0.15, 0.2) is 5.75 Å². The monoisotopic (exact) mass is 748 g/mol. The first kappa shape index (κ1) is 34.5. The van der Waals surface area contributed by atoms with Gasteiger partial charge >= 0.3 is 0 Å². The first-order valence-corrected chi connectivity index (χ1v) is 24.1. The highest BCUT2D eigenvalue weighted by atomic mass is 28.3. The van der Waals surface area contributed by atoms with Gasteiger partial charge in [0.25, 0.3) is 0 Å². The molecule has 2 aliphatic carbocycles. The number of hydrogen-bond donors (Lipinski definition) is 0. The second kappa shape index (κ2) is 11.9. The van der Waals surface area contributed by atoms with Crippen LogP contribution in [0.5, 0.6) is 5.75 Å². The van der Waals surface area contributed by atoms with E-state index in [1.807, 2.05) is 0 Å². The van der Waals surface area contributed by atoms with Crippen molar-refractivity contribution in [2.45, 2.75) is 110 Å². The quantitative estimate of drug-likeness (QED) is 0.168. The number of aryl methyl sites for hydroxylation is 1. The van der Waals surface area contributed by atoms with Crippen LogP contribution in [0.3, 0.4) is 0 Å². The average Bonchev–Trinajstić information content (AvgIpc) is 3.80. The molecule has 0 spiro atoms. The zero-order valence-electron chi connectivity index (χ0n) is 34.3. The molecule has 0 N–H and O–H groups in total. The van der Waals surface area contributed by atoms with Gasteiger partial charge in [0, 0.05) is 34.3 Å². The van der Waals surface area contributed by atoms with Gasteiger partial charge in [-0.2, -0.15) is 0 Å². The maximum absolute atomic E-state index is 6.60. The minimum Gasteiger partial charge on any atom is -0.458 e. The first-order chi connectivity index (χ1) is 27.0. The second-order valence-electron chi connectivity index (χ2n) is 19.1. The smallest absolute Gasteiger partial charge is 0.241 e. The number of aromatic nitrogens is 1. The van der Waals surface area contributed by atoms with E-state index in [9.17, 15) is 0 Å². The second-order valence-corrected chi connectivity index (χ2v) is 23.6.